The molecule has 0 bridgehead atoms. The van der Waals surface area contributed by atoms with Gasteiger partial charge in [-0.2, -0.15) is 0 Å². The first-order valence-corrected chi connectivity index (χ1v) is 8.18. The van der Waals surface area contributed by atoms with Gasteiger partial charge in [0.2, 0.25) is 0 Å². The molecule has 0 fully saturated rings. The smallest absolute Gasteiger partial charge is 0.339 e. The van der Waals surface area contributed by atoms with Crippen LogP contribution in [-0.4, -0.2) is 24.5 Å². The summed E-state index contributed by atoms with van der Waals surface area (Å²) in [5.74, 6) is -1.18. The fraction of sp³-hybridized carbons (Fsp3) is 0.250. The zero-order valence-corrected chi connectivity index (χ0v) is 12.6. The molecule has 0 atom stereocenters. The van der Waals surface area contributed by atoms with Crippen LogP contribution in [0.15, 0.2) is 22.5 Å². The SMILES string of the molecule is CCc1ccc(S(=O)(=O)Nc2c[nH]c(C)c2C(=O)O)s1. The van der Waals surface area contributed by atoms with Gasteiger partial charge in [-0.05, 0) is 25.5 Å². The van der Waals surface area contributed by atoms with E-state index in [1.165, 1.54) is 23.6 Å². The molecule has 2 heterocycles. The van der Waals surface area contributed by atoms with E-state index >= 15 is 0 Å². The average molecular weight is 314 g/mol. The molecule has 0 saturated carbocycles. The summed E-state index contributed by atoms with van der Waals surface area (Å²) in [6.07, 6.45) is 2.09. The van der Waals surface area contributed by atoms with Crippen molar-refractivity contribution in [2.75, 3.05) is 4.72 Å². The second-order valence-electron chi connectivity index (χ2n) is 4.19. The van der Waals surface area contributed by atoms with E-state index in [4.69, 9.17) is 5.11 Å². The molecule has 0 radical (unpaired) electrons. The van der Waals surface area contributed by atoms with E-state index < -0.39 is 16.0 Å². The third-order valence-corrected chi connectivity index (χ3v) is 5.87. The maximum atomic E-state index is 12.2. The number of rotatable bonds is 5. The van der Waals surface area contributed by atoms with Gasteiger partial charge in [0.1, 0.15) is 9.77 Å². The highest BCUT2D eigenvalue weighted by Crippen LogP contribution is 2.26. The summed E-state index contributed by atoms with van der Waals surface area (Å²) in [4.78, 5) is 14.8. The second-order valence-corrected chi connectivity index (χ2v) is 7.26. The number of aromatic nitrogens is 1. The number of sulfonamides is 1. The molecule has 3 N–H and O–H groups in total. The molecule has 6 nitrogen and oxygen atoms in total. The first-order chi connectivity index (χ1) is 9.35. The van der Waals surface area contributed by atoms with Crippen molar-refractivity contribution in [1.29, 1.82) is 0 Å². The Morgan fingerprint density at radius 1 is 1.45 bits per heavy atom. The van der Waals surface area contributed by atoms with Crippen LogP contribution in [0, 0.1) is 6.92 Å². The number of carboxylic acid groups (broad SMARTS) is 1. The molecule has 20 heavy (non-hydrogen) atoms. The quantitative estimate of drug-likeness (QED) is 0.789. The van der Waals surface area contributed by atoms with Crippen molar-refractivity contribution in [2.45, 2.75) is 24.5 Å². The van der Waals surface area contributed by atoms with Crippen molar-refractivity contribution in [3.05, 3.63) is 34.5 Å². The highest BCUT2D eigenvalue weighted by molar-refractivity contribution is 7.94. The number of carboxylic acids is 1. The van der Waals surface area contributed by atoms with Gasteiger partial charge in [-0.1, -0.05) is 6.92 Å². The molecular weight excluding hydrogens is 300 g/mol. The number of anilines is 1. The lowest BCUT2D eigenvalue weighted by molar-refractivity contribution is 0.0697. The Morgan fingerprint density at radius 2 is 2.15 bits per heavy atom. The van der Waals surface area contributed by atoms with Gasteiger partial charge in [0.25, 0.3) is 10.0 Å². The molecule has 0 aromatic carbocycles. The average Bonchev–Trinajstić information content (AvgIpc) is 2.96. The predicted octanol–water partition coefficient (Wildman–Crippen LogP) is 2.45. The molecule has 108 valence electrons. The fourth-order valence-corrected chi connectivity index (χ4v) is 4.13. The molecule has 2 rings (SSSR count). The Morgan fingerprint density at radius 3 is 2.70 bits per heavy atom. The summed E-state index contributed by atoms with van der Waals surface area (Å²) in [6, 6.07) is 3.27. The van der Waals surface area contributed by atoms with Crippen LogP contribution in [0.2, 0.25) is 0 Å². The van der Waals surface area contributed by atoms with Crippen molar-refractivity contribution in [3.63, 3.8) is 0 Å². The molecule has 0 saturated heterocycles. The number of aryl methyl sites for hydroxylation is 2. The van der Waals surface area contributed by atoms with Crippen molar-refractivity contribution >= 4 is 33.0 Å². The second kappa shape index (κ2) is 5.29. The molecule has 0 spiro atoms. The summed E-state index contributed by atoms with van der Waals surface area (Å²) in [7, 11) is -3.76. The third kappa shape index (κ3) is 2.70. The van der Waals surface area contributed by atoms with Gasteiger partial charge in [0, 0.05) is 16.8 Å². The van der Waals surface area contributed by atoms with Crippen molar-refractivity contribution in [2.24, 2.45) is 0 Å². The summed E-state index contributed by atoms with van der Waals surface area (Å²) < 4.78 is 26.9. The number of hydrogen-bond acceptors (Lipinski definition) is 4. The number of nitrogens with one attached hydrogen (secondary N) is 2. The van der Waals surface area contributed by atoms with Crippen LogP contribution in [-0.2, 0) is 16.4 Å². The standard InChI is InChI=1S/C12H14N2O4S2/c1-3-8-4-5-10(19-8)20(17,18)14-9-6-13-7(2)11(9)12(15)16/h4-6,13-14H,3H2,1-2H3,(H,15,16). The minimum atomic E-state index is -3.76. The summed E-state index contributed by atoms with van der Waals surface area (Å²) in [5, 5.41) is 9.09. The topological polar surface area (TPSA) is 99.3 Å². The van der Waals surface area contributed by atoms with Crippen LogP contribution < -0.4 is 4.72 Å². The lowest BCUT2D eigenvalue weighted by atomic mass is 10.2. The van der Waals surface area contributed by atoms with Crippen LogP contribution >= 0.6 is 11.3 Å². The lowest BCUT2D eigenvalue weighted by Crippen LogP contribution is -2.13. The van der Waals surface area contributed by atoms with Crippen molar-refractivity contribution < 1.29 is 18.3 Å². The van der Waals surface area contributed by atoms with E-state index in [2.05, 4.69) is 9.71 Å². The van der Waals surface area contributed by atoms with E-state index in [-0.39, 0.29) is 15.5 Å². The maximum absolute atomic E-state index is 12.2. The van der Waals surface area contributed by atoms with Crippen molar-refractivity contribution in [3.8, 4) is 0 Å². The summed E-state index contributed by atoms with van der Waals surface area (Å²) in [6.45, 7) is 3.51. The molecular formula is C12H14N2O4S2. The Kier molecular flexibility index (Phi) is 3.87. The Bertz CT molecular complexity index is 743. The van der Waals surface area contributed by atoms with Gasteiger partial charge in [0.05, 0.1) is 5.69 Å². The molecule has 0 aliphatic heterocycles. The minimum absolute atomic E-state index is 0.0430. The van der Waals surface area contributed by atoms with Crippen LogP contribution in [0.5, 0.6) is 0 Å². The highest BCUT2D eigenvalue weighted by atomic mass is 32.2. The third-order valence-electron chi connectivity index (χ3n) is 2.79. The number of hydrogen-bond donors (Lipinski definition) is 3. The number of aromatic amines is 1. The lowest BCUT2D eigenvalue weighted by Gasteiger charge is -2.05. The summed E-state index contributed by atoms with van der Waals surface area (Å²) in [5.41, 5.74) is 0.373. The molecule has 0 aliphatic rings. The molecule has 8 heteroatoms. The minimum Gasteiger partial charge on any atom is -0.478 e. The van der Waals surface area contributed by atoms with E-state index in [9.17, 15) is 13.2 Å². The number of carbonyl (C=O) groups is 1. The first kappa shape index (κ1) is 14.6. The zero-order chi connectivity index (χ0) is 14.9. The maximum Gasteiger partial charge on any atom is 0.339 e. The van der Waals surface area contributed by atoms with Gasteiger partial charge in [-0.25, -0.2) is 13.2 Å². The summed E-state index contributed by atoms with van der Waals surface area (Å²) >= 11 is 1.17. The Hall–Kier alpha value is -1.80. The normalized spacial score (nSPS) is 11.5. The van der Waals surface area contributed by atoms with E-state index in [1.807, 2.05) is 6.92 Å². The van der Waals surface area contributed by atoms with E-state index in [1.54, 1.807) is 13.0 Å². The van der Waals surface area contributed by atoms with Crippen LogP contribution in [0.3, 0.4) is 0 Å². The number of thiophene rings is 1. The number of aromatic carboxylic acids is 1. The predicted molar refractivity (Wildman–Crippen MR) is 77.0 cm³/mol. The van der Waals surface area contributed by atoms with Crippen LogP contribution in [0.25, 0.3) is 0 Å². The largest absolute Gasteiger partial charge is 0.478 e. The highest BCUT2D eigenvalue weighted by Gasteiger charge is 2.22. The molecule has 2 aromatic heterocycles. The van der Waals surface area contributed by atoms with Crippen LogP contribution in [0.1, 0.15) is 27.9 Å². The molecule has 2 aromatic rings. The van der Waals surface area contributed by atoms with E-state index in [0.29, 0.717) is 5.69 Å². The molecule has 0 unspecified atom stereocenters. The molecule has 0 amide bonds. The van der Waals surface area contributed by atoms with Crippen molar-refractivity contribution in [1.82, 2.24) is 4.98 Å². The zero-order valence-electron chi connectivity index (χ0n) is 10.9. The Labute approximate surface area is 120 Å². The van der Waals surface area contributed by atoms with Gasteiger partial charge in [0.15, 0.2) is 0 Å². The molecule has 0 aliphatic carbocycles. The van der Waals surface area contributed by atoms with Gasteiger partial charge in [-0.15, -0.1) is 11.3 Å². The van der Waals surface area contributed by atoms with E-state index in [0.717, 1.165) is 11.3 Å². The van der Waals surface area contributed by atoms with Gasteiger partial charge < -0.3 is 10.1 Å². The Balaban J connectivity index is 2.36. The van der Waals surface area contributed by atoms with Gasteiger partial charge in [-0.3, -0.25) is 4.72 Å². The monoisotopic (exact) mass is 314 g/mol. The first-order valence-electron chi connectivity index (χ1n) is 5.88. The van der Waals surface area contributed by atoms with Crippen LogP contribution in [0.4, 0.5) is 5.69 Å². The fourth-order valence-electron chi connectivity index (χ4n) is 1.77. The van der Waals surface area contributed by atoms with Gasteiger partial charge >= 0.3 is 5.97 Å². The number of H-pyrrole nitrogens is 1.